The molecule has 0 aromatic carbocycles. The lowest BCUT2D eigenvalue weighted by Crippen LogP contribution is -2.20. The molecule has 13 heavy (non-hydrogen) atoms. The second-order valence-electron chi connectivity index (χ2n) is 3.98. The van der Waals surface area contributed by atoms with E-state index in [2.05, 4.69) is 44.4 Å². The van der Waals surface area contributed by atoms with Crippen LogP contribution < -0.4 is 0 Å². The van der Waals surface area contributed by atoms with Crippen LogP contribution in [0.25, 0.3) is 0 Å². The van der Waals surface area contributed by atoms with Gasteiger partial charge in [-0.3, -0.25) is 0 Å². The molecule has 0 saturated heterocycles. The van der Waals surface area contributed by atoms with E-state index in [0.717, 1.165) is 0 Å². The number of aliphatic hydroxyl groups is 1. The number of aliphatic hydroxyl groups excluding tert-OH is 1. The van der Waals surface area contributed by atoms with Crippen molar-refractivity contribution in [3.63, 3.8) is 0 Å². The van der Waals surface area contributed by atoms with E-state index < -0.39 is 0 Å². The highest BCUT2D eigenvalue weighted by molar-refractivity contribution is 5.15. The Balaban J connectivity index is 3.03. The molecular weight excluding hydrogens is 162 g/mol. The summed E-state index contributed by atoms with van der Waals surface area (Å²) in [6.45, 7) is 8.66. The molecule has 0 aliphatic heterocycles. The molecule has 0 fully saturated rings. The van der Waals surface area contributed by atoms with E-state index in [9.17, 15) is 5.11 Å². The molecule has 0 unspecified atom stereocenters. The van der Waals surface area contributed by atoms with Gasteiger partial charge in [-0.1, -0.05) is 13.8 Å². The molecule has 0 spiro atoms. The Morgan fingerprint density at radius 1 is 1.23 bits per heavy atom. The Bertz CT molecular complexity index is 256. The lowest BCUT2D eigenvalue weighted by atomic mass is 10.0. The van der Waals surface area contributed by atoms with E-state index in [-0.39, 0.29) is 12.6 Å². The number of hydrogen-bond acceptors (Lipinski definition) is 1. The maximum absolute atomic E-state index is 9.30. The average Bonchev–Trinajstić information content (AvgIpc) is 2.36. The van der Waals surface area contributed by atoms with E-state index in [1.165, 1.54) is 11.4 Å². The van der Waals surface area contributed by atoms with Crippen molar-refractivity contribution in [2.45, 2.75) is 33.7 Å². The summed E-state index contributed by atoms with van der Waals surface area (Å²) >= 11 is 0. The summed E-state index contributed by atoms with van der Waals surface area (Å²) in [6, 6.07) is 4.41. The van der Waals surface area contributed by atoms with Crippen molar-refractivity contribution < 1.29 is 5.11 Å². The van der Waals surface area contributed by atoms with Crippen molar-refractivity contribution in [2.75, 3.05) is 6.61 Å². The van der Waals surface area contributed by atoms with Crippen LogP contribution in [0.1, 0.15) is 31.3 Å². The third kappa shape index (κ3) is 1.94. The van der Waals surface area contributed by atoms with Crippen LogP contribution in [-0.2, 0) is 0 Å². The average molecular weight is 181 g/mol. The summed E-state index contributed by atoms with van der Waals surface area (Å²) in [4.78, 5) is 0. The summed E-state index contributed by atoms with van der Waals surface area (Å²) in [5, 5.41) is 9.30. The molecule has 1 N–H and O–H groups in total. The van der Waals surface area contributed by atoms with Gasteiger partial charge in [0.15, 0.2) is 0 Å². The van der Waals surface area contributed by atoms with Crippen molar-refractivity contribution in [1.29, 1.82) is 0 Å². The fourth-order valence-corrected chi connectivity index (χ4v) is 1.79. The summed E-state index contributed by atoms with van der Waals surface area (Å²) < 4.78 is 2.21. The number of hydrogen-bond donors (Lipinski definition) is 1. The van der Waals surface area contributed by atoms with Gasteiger partial charge in [0.2, 0.25) is 0 Å². The van der Waals surface area contributed by atoms with E-state index in [0.29, 0.717) is 5.92 Å². The quantitative estimate of drug-likeness (QED) is 0.760. The van der Waals surface area contributed by atoms with Crippen molar-refractivity contribution in [3.05, 3.63) is 23.5 Å². The molecule has 1 aromatic rings. The Morgan fingerprint density at radius 2 is 1.69 bits per heavy atom. The number of rotatable bonds is 3. The summed E-state index contributed by atoms with van der Waals surface area (Å²) in [7, 11) is 0. The maximum atomic E-state index is 9.30. The van der Waals surface area contributed by atoms with Crippen molar-refractivity contribution in [2.24, 2.45) is 5.92 Å². The second kappa shape index (κ2) is 3.97. The van der Waals surface area contributed by atoms with Crippen LogP contribution in [-0.4, -0.2) is 16.3 Å². The van der Waals surface area contributed by atoms with Crippen LogP contribution in [0.2, 0.25) is 0 Å². The molecule has 1 aromatic heterocycles. The molecule has 2 heteroatoms. The third-order valence-electron chi connectivity index (χ3n) is 2.61. The topological polar surface area (TPSA) is 25.2 Å². The van der Waals surface area contributed by atoms with Crippen LogP contribution in [0.4, 0.5) is 0 Å². The Labute approximate surface area is 80.2 Å². The van der Waals surface area contributed by atoms with Gasteiger partial charge in [-0.25, -0.2) is 0 Å². The third-order valence-corrected chi connectivity index (χ3v) is 2.61. The van der Waals surface area contributed by atoms with Gasteiger partial charge in [0, 0.05) is 11.4 Å². The zero-order chi connectivity index (χ0) is 10.0. The first kappa shape index (κ1) is 10.3. The molecule has 1 atom stereocenters. The SMILES string of the molecule is Cc1ccc(C)n1[C@@H](CO)C(C)C. The highest BCUT2D eigenvalue weighted by Crippen LogP contribution is 2.22. The zero-order valence-corrected chi connectivity index (χ0v) is 8.91. The Hall–Kier alpha value is -0.760. The minimum absolute atomic E-state index is 0.216. The van der Waals surface area contributed by atoms with Gasteiger partial charge >= 0.3 is 0 Å². The van der Waals surface area contributed by atoms with Crippen LogP contribution in [0.15, 0.2) is 12.1 Å². The lowest BCUT2D eigenvalue weighted by Gasteiger charge is -2.24. The Kier molecular flexibility index (Phi) is 3.15. The molecule has 0 bridgehead atoms. The molecule has 0 amide bonds. The van der Waals surface area contributed by atoms with Gasteiger partial charge in [-0.15, -0.1) is 0 Å². The van der Waals surface area contributed by atoms with E-state index in [1.54, 1.807) is 0 Å². The molecular formula is C11H19NO. The zero-order valence-electron chi connectivity index (χ0n) is 8.91. The van der Waals surface area contributed by atoms with Crippen LogP contribution in [0, 0.1) is 19.8 Å². The first-order chi connectivity index (χ1) is 6.07. The van der Waals surface area contributed by atoms with Crippen LogP contribution in [0.5, 0.6) is 0 Å². The normalized spacial score (nSPS) is 13.7. The smallest absolute Gasteiger partial charge is 0.0641 e. The standard InChI is InChI=1S/C11H19NO/c1-8(2)11(7-13)12-9(3)5-6-10(12)4/h5-6,8,11,13H,7H2,1-4H3/t11-/m0/s1. The van der Waals surface area contributed by atoms with Crippen molar-refractivity contribution in [3.8, 4) is 0 Å². The molecule has 0 aliphatic rings. The van der Waals surface area contributed by atoms with Gasteiger partial charge in [-0.2, -0.15) is 0 Å². The fraction of sp³-hybridized carbons (Fsp3) is 0.636. The largest absolute Gasteiger partial charge is 0.394 e. The minimum Gasteiger partial charge on any atom is -0.394 e. The minimum atomic E-state index is 0.216. The molecule has 0 radical (unpaired) electrons. The predicted molar refractivity (Wildman–Crippen MR) is 54.9 cm³/mol. The van der Waals surface area contributed by atoms with Crippen LogP contribution >= 0.6 is 0 Å². The fourth-order valence-electron chi connectivity index (χ4n) is 1.79. The molecule has 1 heterocycles. The molecule has 0 saturated carbocycles. The highest BCUT2D eigenvalue weighted by Gasteiger charge is 2.16. The summed E-state index contributed by atoms with van der Waals surface area (Å²) in [5.74, 6) is 0.467. The number of nitrogens with zero attached hydrogens (tertiary/aromatic N) is 1. The first-order valence-electron chi connectivity index (χ1n) is 4.83. The molecule has 74 valence electrons. The number of aromatic nitrogens is 1. The highest BCUT2D eigenvalue weighted by atomic mass is 16.3. The van der Waals surface area contributed by atoms with Crippen molar-refractivity contribution in [1.82, 2.24) is 4.57 Å². The van der Waals surface area contributed by atoms with Gasteiger partial charge in [0.1, 0.15) is 0 Å². The van der Waals surface area contributed by atoms with E-state index in [4.69, 9.17) is 0 Å². The van der Waals surface area contributed by atoms with E-state index >= 15 is 0 Å². The van der Waals surface area contributed by atoms with E-state index in [1.807, 2.05) is 0 Å². The predicted octanol–water partition coefficient (Wildman–Crippen LogP) is 2.29. The molecule has 0 aliphatic carbocycles. The van der Waals surface area contributed by atoms with Crippen molar-refractivity contribution >= 4 is 0 Å². The summed E-state index contributed by atoms with van der Waals surface area (Å²) in [6.07, 6.45) is 0. The molecule has 2 nitrogen and oxygen atoms in total. The second-order valence-corrected chi connectivity index (χ2v) is 3.98. The van der Waals surface area contributed by atoms with Gasteiger partial charge < -0.3 is 9.67 Å². The van der Waals surface area contributed by atoms with Gasteiger partial charge in [0.05, 0.1) is 12.6 Å². The lowest BCUT2D eigenvalue weighted by molar-refractivity contribution is 0.190. The monoisotopic (exact) mass is 181 g/mol. The number of aryl methyl sites for hydroxylation is 2. The van der Waals surface area contributed by atoms with Crippen LogP contribution in [0.3, 0.4) is 0 Å². The maximum Gasteiger partial charge on any atom is 0.0641 e. The summed E-state index contributed by atoms with van der Waals surface area (Å²) in [5.41, 5.74) is 2.45. The van der Waals surface area contributed by atoms with Gasteiger partial charge in [0.25, 0.3) is 0 Å². The first-order valence-corrected chi connectivity index (χ1v) is 4.83. The Morgan fingerprint density at radius 3 is 2.00 bits per heavy atom. The van der Waals surface area contributed by atoms with Gasteiger partial charge in [-0.05, 0) is 31.9 Å². The molecule has 1 rings (SSSR count).